The van der Waals surface area contributed by atoms with Gasteiger partial charge < -0.3 is 15.3 Å². The van der Waals surface area contributed by atoms with Crippen molar-refractivity contribution in [2.24, 2.45) is 17.3 Å². The summed E-state index contributed by atoms with van der Waals surface area (Å²) in [6, 6.07) is 7.12. The van der Waals surface area contributed by atoms with Crippen LogP contribution in [0.5, 0.6) is 0 Å². The quantitative estimate of drug-likeness (QED) is 0.835. The lowest BCUT2D eigenvalue weighted by atomic mass is 10.0. The van der Waals surface area contributed by atoms with E-state index >= 15 is 0 Å². The molecule has 0 bridgehead atoms. The van der Waals surface area contributed by atoms with Crippen molar-refractivity contribution >= 4 is 23.5 Å². The molecule has 1 fully saturated rings. The number of nitrogens with one attached hydrogen (secondary N) is 1. The SMILES string of the molecule is CN(C)CC(NC(=O)[C@@H]1[C@H](C(=O)O)C1(C)C)c1ccc(Cl)cc1. The van der Waals surface area contributed by atoms with E-state index in [9.17, 15) is 14.7 Å². The van der Waals surface area contributed by atoms with Crippen molar-refractivity contribution in [2.45, 2.75) is 19.9 Å². The van der Waals surface area contributed by atoms with Gasteiger partial charge in [0, 0.05) is 11.6 Å². The molecule has 0 spiro atoms. The van der Waals surface area contributed by atoms with Gasteiger partial charge in [-0.1, -0.05) is 37.6 Å². The molecule has 1 aromatic rings. The summed E-state index contributed by atoms with van der Waals surface area (Å²) in [5.74, 6) is -2.22. The largest absolute Gasteiger partial charge is 0.481 e. The standard InChI is InChI=1S/C17H23ClN2O3/c1-17(2)13(14(17)16(22)23)15(21)19-12(9-20(3)4)10-5-7-11(18)8-6-10/h5-8,12-14H,9H2,1-4H3,(H,19,21)(H,22,23)/t12?,13-,14+/m0/s1. The van der Waals surface area contributed by atoms with Gasteiger partial charge in [-0.3, -0.25) is 9.59 Å². The van der Waals surface area contributed by atoms with Gasteiger partial charge in [0.25, 0.3) is 0 Å². The average Bonchev–Trinajstić information content (AvgIpc) is 3.01. The predicted molar refractivity (Wildman–Crippen MR) is 89.3 cm³/mol. The molecule has 0 saturated heterocycles. The Morgan fingerprint density at radius 1 is 1.26 bits per heavy atom. The topological polar surface area (TPSA) is 69.6 Å². The molecular formula is C17H23ClN2O3. The predicted octanol–water partition coefficient (Wildman–Crippen LogP) is 2.42. The number of carbonyl (C=O) groups excluding carboxylic acids is 1. The molecule has 3 atom stereocenters. The smallest absolute Gasteiger partial charge is 0.307 e. The van der Waals surface area contributed by atoms with Gasteiger partial charge in [0.2, 0.25) is 5.91 Å². The van der Waals surface area contributed by atoms with Crippen LogP contribution in [0.3, 0.4) is 0 Å². The minimum atomic E-state index is -0.911. The first-order valence-corrected chi connectivity index (χ1v) is 7.95. The molecule has 1 unspecified atom stereocenters. The van der Waals surface area contributed by atoms with E-state index in [0.29, 0.717) is 11.6 Å². The van der Waals surface area contributed by atoms with Crippen molar-refractivity contribution in [1.29, 1.82) is 0 Å². The first-order valence-electron chi connectivity index (χ1n) is 7.58. The molecule has 1 aliphatic carbocycles. The highest BCUT2D eigenvalue weighted by molar-refractivity contribution is 6.30. The summed E-state index contributed by atoms with van der Waals surface area (Å²) in [6.45, 7) is 4.26. The lowest BCUT2D eigenvalue weighted by Crippen LogP contribution is -2.37. The third-order valence-corrected chi connectivity index (χ3v) is 4.76. The molecule has 0 aromatic heterocycles. The molecule has 126 valence electrons. The van der Waals surface area contributed by atoms with Crippen molar-refractivity contribution in [3.8, 4) is 0 Å². The molecule has 2 rings (SSSR count). The Balaban J connectivity index is 2.14. The van der Waals surface area contributed by atoms with Crippen LogP contribution >= 0.6 is 11.6 Å². The van der Waals surface area contributed by atoms with Crippen molar-refractivity contribution in [2.75, 3.05) is 20.6 Å². The highest BCUT2D eigenvalue weighted by Gasteiger charge is 2.66. The molecule has 1 aromatic carbocycles. The lowest BCUT2D eigenvalue weighted by Gasteiger charge is -2.23. The number of carboxylic acid groups (broad SMARTS) is 1. The van der Waals surface area contributed by atoms with Crippen molar-refractivity contribution in [1.82, 2.24) is 10.2 Å². The van der Waals surface area contributed by atoms with Crippen LogP contribution in [0.4, 0.5) is 0 Å². The van der Waals surface area contributed by atoms with E-state index in [0.717, 1.165) is 5.56 Å². The number of amides is 1. The number of likely N-dealkylation sites (N-methyl/N-ethyl adjacent to an activating group) is 1. The summed E-state index contributed by atoms with van der Waals surface area (Å²) in [5.41, 5.74) is 0.445. The molecule has 6 heteroatoms. The molecule has 1 amide bonds. The number of hydrogen-bond acceptors (Lipinski definition) is 3. The summed E-state index contributed by atoms with van der Waals surface area (Å²) in [4.78, 5) is 25.8. The van der Waals surface area contributed by atoms with Crippen LogP contribution in [0.1, 0.15) is 25.5 Å². The van der Waals surface area contributed by atoms with Gasteiger partial charge in [-0.25, -0.2) is 0 Å². The van der Waals surface area contributed by atoms with E-state index in [-0.39, 0.29) is 11.9 Å². The zero-order valence-corrected chi connectivity index (χ0v) is 14.6. The minimum Gasteiger partial charge on any atom is -0.481 e. The van der Waals surface area contributed by atoms with Crippen LogP contribution in [-0.4, -0.2) is 42.5 Å². The molecule has 0 heterocycles. The maximum absolute atomic E-state index is 12.5. The Hall–Kier alpha value is -1.59. The number of hydrogen-bond donors (Lipinski definition) is 2. The Kier molecular flexibility index (Phi) is 5.01. The summed E-state index contributed by atoms with van der Waals surface area (Å²) in [5, 5.41) is 12.9. The van der Waals surface area contributed by atoms with Gasteiger partial charge >= 0.3 is 5.97 Å². The van der Waals surface area contributed by atoms with Gasteiger partial charge in [-0.2, -0.15) is 0 Å². The maximum Gasteiger partial charge on any atom is 0.307 e. The monoisotopic (exact) mass is 338 g/mol. The summed E-state index contributed by atoms with van der Waals surface area (Å²) in [6.07, 6.45) is 0. The van der Waals surface area contributed by atoms with E-state index in [1.807, 2.05) is 45.0 Å². The third kappa shape index (κ3) is 3.85. The van der Waals surface area contributed by atoms with E-state index in [4.69, 9.17) is 11.6 Å². The molecule has 23 heavy (non-hydrogen) atoms. The van der Waals surface area contributed by atoms with Gasteiger partial charge in [0.1, 0.15) is 0 Å². The third-order valence-electron chi connectivity index (χ3n) is 4.51. The zero-order chi connectivity index (χ0) is 17.4. The van der Waals surface area contributed by atoms with Crippen LogP contribution in [0.15, 0.2) is 24.3 Å². The molecule has 2 N–H and O–H groups in total. The van der Waals surface area contributed by atoms with Crippen LogP contribution < -0.4 is 5.32 Å². The lowest BCUT2D eigenvalue weighted by molar-refractivity contribution is -0.140. The number of carbonyl (C=O) groups is 2. The summed E-state index contributed by atoms with van der Waals surface area (Å²) < 4.78 is 0. The second kappa shape index (κ2) is 6.49. The van der Waals surface area contributed by atoms with Gasteiger partial charge in [-0.05, 0) is 37.2 Å². The number of carboxylic acids is 1. The number of benzene rings is 1. The highest BCUT2D eigenvalue weighted by Crippen LogP contribution is 2.58. The molecular weight excluding hydrogens is 316 g/mol. The first kappa shape index (κ1) is 17.8. The Bertz CT molecular complexity index is 598. The second-order valence-electron chi connectivity index (χ2n) is 6.99. The summed E-state index contributed by atoms with van der Waals surface area (Å²) >= 11 is 5.92. The van der Waals surface area contributed by atoms with E-state index in [1.54, 1.807) is 12.1 Å². The van der Waals surface area contributed by atoms with Crippen molar-refractivity contribution in [3.63, 3.8) is 0 Å². The van der Waals surface area contributed by atoms with Crippen molar-refractivity contribution < 1.29 is 14.7 Å². The van der Waals surface area contributed by atoms with Gasteiger partial charge in [-0.15, -0.1) is 0 Å². The molecule has 0 radical (unpaired) electrons. The number of aliphatic carboxylic acids is 1. The molecule has 1 aliphatic rings. The average molecular weight is 339 g/mol. The molecule has 0 aliphatic heterocycles. The van der Waals surface area contributed by atoms with Gasteiger partial charge in [0.15, 0.2) is 0 Å². The van der Waals surface area contributed by atoms with Crippen LogP contribution in [0.2, 0.25) is 5.02 Å². The van der Waals surface area contributed by atoms with Crippen LogP contribution in [0, 0.1) is 17.3 Å². The first-order chi connectivity index (χ1) is 10.6. The normalized spacial score (nSPS) is 23.4. The van der Waals surface area contributed by atoms with E-state index in [1.165, 1.54) is 0 Å². The van der Waals surface area contributed by atoms with Crippen molar-refractivity contribution in [3.05, 3.63) is 34.9 Å². The molecule has 5 nitrogen and oxygen atoms in total. The molecule has 1 saturated carbocycles. The van der Waals surface area contributed by atoms with E-state index in [2.05, 4.69) is 5.32 Å². The Labute approximate surface area is 141 Å². The fraction of sp³-hybridized carbons (Fsp3) is 0.529. The fourth-order valence-electron chi connectivity index (χ4n) is 3.14. The van der Waals surface area contributed by atoms with E-state index < -0.39 is 23.2 Å². The van der Waals surface area contributed by atoms with Crippen LogP contribution in [-0.2, 0) is 9.59 Å². The Morgan fingerprint density at radius 3 is 2.26 bits per heavy atom. The maximum atomic E-state index is 12.5. The van der Waals surface area contributed by atoms with Crippen LogP contribution in [0.25, 0.3) is 0 Å². The second-order valence-corrected chi connectivity index (χ2v) is 7.43. The number of nitrogens with zero attached hydrogens (tertiary/aromatic N) is 1. The summed E-state index contributed by atoms with van der Waals surface area (Å²) in [7, 11) is 3.85. The Morgan fingerprint density at radius 2 is 1.83 bits per heavy atom. The number of rotatable bonds is 6. The van der Waals surface area contributed by atoms with Gasteiger partial charge in [0.05, 0.1) is 17.9 Å². The highest BCUT2D eigenvalue weighted by atomic mass is 35.5. The fourth-order valence-corrected chi connectivity index (χ4v) is 3.27. The minimum absolute atomic E-state index is 0.204. The zero-order valence-electron chi connectivity index (χ0n) is 13.8. The number of halogens is 1.